The van der Waals surface area contributed by atoms with Crippen LogP contribution in [0.2, 0.25) is 0 Å². The number of para-hydroxylation sites is 9. The third kappa shape index (κ3) is 19.5. The molecule has 0 atom stereocenters. The first-order chi connectivity index (χ1) is 46.8. The standard InChI is InChI=1S/C25H15NO3.C13H9BrO3.C13H7BrO2.C13H10O.C4F6O3.C4H10O.BF3/c27-25-17-7-1-4-10-21(17)28-22-14-13-16(15-18(22)25)26-19-8-2-5-11-23(19)29-24-12-6-3-9-20(24)26;14-9-6-7-12(11(8-9)13(15)16)17-10-4-2-1-3-5-10;14-8-5-6-12-10(7-8)13(15)9-3-1-2-4-11(9)16-12;1-3-7-12-10(5-1)9-11-6-2-4-8-13(11)14-12;5-3(6,7)1(11)13-2(12)4(8,9)10;1-3-5-4-2;2-1(3)4/h1-15H;1-8H,(H,15,16);1-7H;1-8H,9H2;;3-4H2,1-2H3;. The summed E-state index contributed by atoms with van der Waals surface area (Å²) >= 11 is 6.58. The highest BCUT2D eigenvalue weighted by atomic mass is 79.9. The summed E-state index contributed by atoms with van der Waals surface area (Å²) in [6, 6.07) is 71.9. The highest BCUT2D eigenvalue weighted by molar-refractivity contribution is 9.10. The van der Waals surface area contributed by atoms with E-state index in [0.29, 0.717) is 59.8 Å². The Balaban J connectivity index is 0.000000156. The van der Waals surface area contributed by atoms with Gasteiger partial charge in [0, 0.05) is 34.3 Å². The van der Waals surface area contributed by atoms with E-state index >= 15 is 0 Å². The summed E-state index contributed by atoms with van der Waals surface area (Å²) < 4.78 is 134. The Labute approximate surface area is 568 Å². The summed E-state index contributed by atoms with van der Waals surface area (Å²) in [6.45, 7) is 5.67. The van der Waals surface area contributed by atoms with Gasteiger partial charge >= 0.3 is 37.8 Å². The largest absolute Gasteiger partial charge is 0.762 e. The maximum atomic E-state index is 13.1. The molecule has 4 heterocycles. The van der Waals surface area contributed by atoms with Crippen molar-refractivity contribution < 1.29 is 91.3 Å². The second kappa shape index (κ2) is 33.8. The van der Waals surface area contributed by atoms with Gasteiger partial charge < -0.3 is 42.5 Å². The van der Waals surface area contributed by atoms with E-state index in [9.17, 15) is 63.3 Å². The molecule has 0 aliphatic carbocycles. The highest BCUT2D eigenvalue weighted by Crippen LogP contribution is 2.50. The normalized spacial score (nSPS) is 11.4. The molecule has 1 N–H and O–H groups in total. The lowest BCUT2D eigenvalue weighted by atomic mass is 10.0. The first-order valence-electron chi connectivity index (χ1n) is 29.1. The number of anilines is 3. The summed E-state index contributed by atoms with van der Waals surface area (Å²) in [5.74, 6) is -2.95. The van der Waals surface area contributed by atoms with Gasteiger partial charge in [-0.1, -0.05) is 135 Å². The van der Waals surface area contributed by atoms with Crippen molar-refractivity contribution in [3.05, 3.63) is 277 Å². The number of hydrogen-bond donors (Lipinski definition) is 1. The zero-order chi connectivity index (χ0) is 70.7. The number of carbonyl (C=O) groups is 3. The zero-order valence-electron chi connectivity index (χ0n) is 51.1. The molecule has 2 aliphatic rings. The number of nitrogens with zero attached hydrogens (tertiary/aromatic N) is 1. The number of carboxylic acid groups (broad SMARTS) is 1. The van der Waals surface area contributed by atoms with Crippen LogP contribution in [0.5, 0.6) is 34.5 Å². The fraction of sp³-hybridized carbons (Fsp3) is 0.0972. The second-order valence-corrected chi connectivity index (χ2v) is 21.9. The minimum absolute atomic E-state index is 0.0122. The number of alkyl halides is 6. The SMILES string of the molecule is CCOCC.FB(F)F.O=C(O)c1cc(Br)ccc1Oc1ccccc1.O=C(OC(=O)C(F)(F)F)C(F)(F)F.O=c1c2ccccc2oc2ccc(Br)cc12.O=c1c2ccccc2oc2ccc(N3c4ccccc4Oc4ccccc43)cc12.c1ccc2c(c1)Cc1ccccc1O2. The van der Waals surface area contributed by atoms with Gasteiger partial charge in [-0.15, -0.1) is 0 Å². The predicted octanol–water partition coefficient (Wildman–Crippen LogP) is 20.7. The molecule has 2 aliphatic heterocycles. The van der Waals surface area contributed by atoms with E-state index < -0.39 is 37.8 Å². The summed E-state index contributed by atoms with van der Waals surface area (Å²) in [5.41, 5.74) is 7.80. The molecule has 98 heavy (non-hydrogen) atoms. The number of ether oxygens (including phenoxy) is 5. The molecule has 0 saturated carbocycles. The smallest absolute Gasteiger partial charge is 0.478 e. The monoisotopic (exact) mass is 1480 g/mol. The molecule has 0 fully saturated rings. The van der Waals surface area contributed by atoms with Gasteiger partial charge in [-0.25, -0.2) is 14.4 Å². The van der Waals surface area contributed by atoms with Gasteiger partial charge in [0.1, 0.15) is 50.9 Å². The number of fused-ring (bicyclic) bond motifs is 8. The Morgan fingerprint density at radius 3 is 1.37 bits per heavy atom. The molecular formula is C72H51BBr2F9NO13. The highest BCUT2D eigenvalue weighted by Gasteiger charge is 2.49. The van der Waals surface area contributed by atoms with Crippen LogP contribution in [0.3, 0.4) is 0 Å². The topological polar surface area (TPSA) is 181 Å². The number of benzene rings is 10. The van der Waals surface area contributed by atoms with E-state index in [0.717, 1.165) is 64.2 Å². The van der Waals surface area contributed by atoms with Gasteiger partial charge in [-0.2, -0.15) is 26.3 Å². The van der Waals surface area contributed by atoms with Crippen molar-refractivity contribution >= 4 is 118 Å². The average Bonchev–Trinajstić information content (AvgIpc) is 0.759. The molecule has 502 valence electrons. The minimum atomic E-state index is -5.62. The van der Waals surface area contributed by atoms with Crippen molar-refractivity contribution in [2.75, 3.05) is 18.1 Å². The second-order valence-electron chi connectivity index (χ2n) is 20.1. The van der Waals surface area contributed by atoms with Gasteiger partial charge in [-0.3, -0.25) is 22.5 Å². The minimum Gasteiger partial charge on any atom is -0.478 e. The quantitative estimate of drug-likeness (QED) is 0.0546. The van der Waals surface area contributed by atoms with Crippen LogP contribution in [0.15, 0.2) is 258 Å². The first-order valence-corrected chi connectivity index (χ1v) is 30.7. The van der Waals surface area contributed by atoms with Crippen LogP contribution in [0, 0.1) is 0 Å². The lowest BCUT2D eigenvalue weighted by Crippen LogP contribution is -2.34. The molecule has 14 nitrogen and oxygen atoms in total. The first kappa shape index (κ1) is 73.1. The van der Waals surface area contributed by atoms with Crippen molar-refractivity contribution in [1.82, 2.24) is 0 Å². The Bertz CT molecular complexity index is 4740. The summed E-state index contributed by atoms with van der Waals surface area (Å²) in [7, 11) is -3.67. The Morgan fingerprint density at radius 2 is 0.888 bits per heavy atom. The molecule has 14 rings (SSSR count). The van der Waals surface area contributed by atoms with E-state index in [4.69, 9.17) is 32.9 Å². The molecule has 0 amide bonds. The van der Waals surface area contributed by atoms with Crippen LogP contribution in [-0.2, 0) is 25.5 Å². The molecule has 0 radical (unpaired) electrons. The van der Waals surface area contributed by atoms with Crippen LogP contribution < -0.4 is 30.0 Å². The van der Waals surface area contributed by atoms with Gasteiger partial charge in [0.05, 0.1) is 32.9 Å². The van der Waals surface area contributed by atoms with Crippen LogP contribution >= 0.6 is 31.9 Å². The van der Waals surface area contributed by atoms with Crippen molar-refractivity contribution in [2.24, 2.45) is 0 Å². The lowest BCUT2D eigenvalue weighted by Gasteiger charge is -2.32. The maximum Gasteiger partial charge on any atom is 0.762 e. The lowest BCUT2D eigenvalue weighted by molar-refractivity contribution is -0.221. The molecule has 0 saturated heterocycles. The third-order valence-electron chi connectivity index (χ3n) is 13.5. The zero-order valence-corrected chi connectivity index (χ0v) is 54.3. The van der Waals surface area contributed by atoms with Crippen LogP contribution in [0.4, 0.5) is 56.4 Å². The van der Waals surface area contributed by atoms with E-state index in [1.807, 2.05) is 159 Å². The van der Waals surface area contributed by atoms with Crippen molar-refractivity contribution in [3.63, 3.8) is 0 Å². The Hall–Kier alpha value is -10.7. The number of esters is 2. The molecule has 10 aromatic carbocycles. The summed E-state index contributed by atoms with van der Waals surface area (Å²) in [6.07, 6.45) is -10.3. The number of carbonyl (C=O) groups excluding carboxylic acids is 2. The number of hydrogen-bond acceptors (Lipinski definition) is 13. The molecule has 0 spiro atoms. The average molecular weight is 1480 g/mol. The van der Waals surface area contributed by atoms with Gasteiger partial charge in [0.25, 0.3) is 0 Å². The van der Waals surface area contributed by atoms with Crippen molar-refractivity contribution in [3.8, 4) is 34.5 Å². The number of carboxylic acids is 1. The van der Waals surface area contributed by atoms with E-state index in [2.05, 4.69) is 65.8 Å². The maximum absolute atomic E-state index is 13.1. The summed E-state index contributed by atoms with van der Waals surface area (Å²) in [5, 5.41) is 11.4. The van der Waals surface area contributed by atoms with Crippen LogP contribution in [0.25, 0.3) is 43.9 Å². The van der Waals surface area contributed by atoms with E-state index in [1.54, 1.807) is 54.6 Å². The Morgan fingerprint density at radius 1 is 0.490 bits per heavy atom. The van der Waals surface area contributed by atoms with Crippen molar-refractivity contribution in [1.29, 1.82) is 0 Å². The van der Waals surface area contributed by atoms with Gasteiger partial charge in [-0.05, 0) is 152 Å². The number of aromatic carboxylic acids is 1. The summed E-state index contributed by atoms with van der Waals surface area (Å²) in [4.78, 5) is 57.8. The van der Waals surface area contributed by atoms with Gasteiger partial charge in [0.2, 0.25) is 10.9 Å². The molecular weight excluding hydrogens is 1430 g/mol. The Kier molecular flexibility index (Phi) is 25.2. The third-order valence-corrected chi connectivity index (χ3v) is 14.5. The van der Waals surface area contributed by atoms with Crippen LogP contribution in [-0.4, -0.2) is 56.1 Å². The fourth-order valence-corrected chi connectivity index (χ4v) is 10.0. The molecule has 12 aromatic rings. The van der Waals surface area contributed by atoms with E-state index in [-0.39, 0.29) is 16.4 Å². The predicted molar refractivity (Wildman–Crippen MR) is 360 cm³/mol. The molecule has 0 unspecified atom stereocenters. The molecule has 26 heteroatoms. The molecule has 2 aromatic heterocycles. The van der Waals surface area contributed by atoms with Gasteiger partial charge in [0.15, 0.2) is 11.5 Å². The van der Waals surface area contributed by atoms with E-state index in [1.165, 1.54) is 17.2 Å². The molecule has 0 bridgehead atoms. The van der Waals surface area contributed by atoms with Crippen LogP contribution in [0.1, 0.15) is 35.3 Å². The number of halogens is 11. The van der Waals surface area contributed by atoms with Crippen molar-refractivity contribution in [2.45, 2.75) is 32.6 Å². The number of rotatable bonds is 6. The fourth-order valence-electron chi connectivity index (χ4n) is 9.29.